The summed E-state index contributed by atoms with van der Waals surface area (Å²) in [5, 5.41) is 12.3. The lowest BCUT2D eigenvalue weighted by Gasteiger charge is -2.30. The summed E-state index contributed by atoms with van der Waals surface area (Å²) in [6.07, 6.45) is 0.856. The molecule has 8 nitrogen and oxygen atoms in total. The lowest BCUT2D eigenvalue weighted by molar-refractivity contribution is -0.120. The first-order chi connectivity index (χ1) is 15.6. The third-order valence-corrected chi connectivity index (χ3v) is 5.97. The van der Waals surface area contributed by atoms with Crippen molar-refractivity contribution < 1.29 is 19.4 Å². The first-order valence-corrected chi connectivity index (χ1v) is 11.0. The smallest absolute Gasteiger partial charge is 0.411 e. The second-order valence-corrected chi connectivity index (χ2v) is 8.74. The molecule has 2 aromatic rings. The summed E-state index contributed by atoms with van der Waals surface area (Å²) in [6.45, 7) is 3.05. The van der Waals surface area contributed by atoms with E-state index >= 15 is 0 Å². The van der Waals surface area contributed by atoms with Gasteiger partial charge in [0.1, 0.15) is 12.1 Å². The molecule has 2 aromatic carbocycles. The number of aliphatic hydroxyl groups excluding tert-OH is 1. The van der Waals surface area contributed by atoms with Crippen molar-refractivity contribution in [1.82, 2.24) is 0 Å². The van der Waals surface area contributed by atoms with Crippen molar-refractivity contribution in [3.63, 3.8) is 0 Å². The van der Waals surface area contributed by atoms with E-state index in [1.165, 1.54) is 4.90 Å². The number of carbonyl (C=O) groups excluding carboxylic acids is 2. The van der Waals surface area contributed by atoms with E-state index in [2.05, 4.69) is 10.3 Å². The van der Waals surface area contributed by atoms with Crippen LogP contribution in [0, 0.1) is 0 Å². The van der Waals surface area contributed by atoms with E-state index in [-0.39, 0.29) is 34.9 Å². The summed E-state index contributed by atoms with van der Waals surface area (Å²) < 4.78 is 4.83. The lowest BCUT2D eigenvalue weighted by atomic mass is 10.0. The molecule has 0 unspecified atom stereocenters. The minimum atomic E-state index is -1.03. The lowest BCUT2D eigenvalue weighted by Crippen LogP contribution is -2.44. The minimum absolute atomic E-state index is 0.151. The quantitative estimate of drug-likeness (QED) is 0.440. The number of nitrogens with zero attached hydrogens (tertiary/aromatic N) is 3. The van der Waals surface area contributed by atoms with Gasteiger partial charge in [-0.25, -0.2) is 4.79 Å². The van der Waals surface area contributed by atoms with Crippen LogP contribution in [-0.4, -0.2) is 54.2 Å². The first kappa shape index (κ1) is 24.9. The Morgan fingerprint density at radius 3 is 2.55 bits per heavy atom. The molecule has 1 aliphatic heterocycles. The van der Waals surface area contributed by atoms with Crippen molar-refractivity contribution >= 4 is 75.8 Å². The summed E-state index contributed by atoms with van der Waals surface area (Å²) in [7, 11) is 1.64. The van der Waals surface area contributed by atoms with Crippen LogP contribution in [0.1, 0.15) is 19.4 Å². The number of amides is 2. The number of nitrogens with one attached hydrogen (secondary N) is 1. The largest absolute Gasteiger partial charge is 0.447 e. The average molecular weight is 509 g/mol. The Bertz CT molecular complexity index is 1140. The number of benzene rings is 2. The van der Waals surface area contributed by atoms with Gasteiger partial charge in [0.2, 0.25) is 0 Å². The fourth-order valence-electron chi connectivity index (χ4n) is 3.39. The van der Waals surface area contributed by atoms with Gasteiger partial charge in [-0.15, -0.1) is 0 Å². The molecule has 0 atom stereocenters. The number of hydrogen-bond donors (Lipinski definition) is 2. The van der Waals surface area contributed by atoms with Gasteiger partial charge in [-0.1, -0.05) is 23.2 Å². The van der Waals surface area contributed by atoms with Gasteiger partial charge in [0.25, 0.3) is 5.91 Å². The average Bonchev–Trinajstić information content (AvgIpc) is 2.94. The van der Waals surface area contributed by atoms with Crippen LogP contribution in [0.5, 0.6) is 0 Å². The number of carbonyl (C=O) groups is 2. The second kappa shape index (κ2) is 10.0. The normalized spacial score (nSPS) is 15.5. The molecule has 3 rings (SSSR count). The molecule has 0 saturated carbocycles. The highest BCUT2D eigenvalue weighted by Gasteiger charge is 2.50. The molecular formula is C22H22Cl2N4O4S. The molecule has 0 spiro atoms. The van der Waals surface area contributed by atoms with Crippen molar-refractivity contribution in [3.8, 4) is 0 Å². The van der Waals surface area contributed by atoms with E-state index in [1.807, 2.05) is 0 Å². The molecule has 1 heterocycles. The van der Waals surface area contributed by atoms with Gasteiger partial charge in [0, 0.05) is 24.5 Å². The molecule has 0 bridgehead atoms. The highest BCUT2D eigenvalue weighted by atomic mass is 35.5. The number of ether oxygens (including phenoxy) is 1. The zero-order valence-corrected chi connectivity index (χ0v) is 20.5. The van der Waals surface area contributed by atoms with E-state index in [0.29, 0.717) is 16.4 Å². The van der Waals surface area contributed by atoms with E-state index < -0.39 is 11.6 Å². The Morgan fingerprint density at radius 1 is 1.21 bits per heavy atom. The van der Waals surface area contributed by atoms with Gasteiger partial charge in [0.05, 0.1) is 28.0 Å². The fourth-order valence-corrected chi connectivity index (χ4v) is 4.30. The number of halogens is 2. The second-order valence-electron chi connectivity index (χ2n) is 7.56. The Labute approximate surface area is 206 Å². The van der Waals surface area contributed by atoms with E-state index in [1.54, 1.807) is 68.4 Å². The van der Waals surface area contributed by atoms with Gasteiger partial charge < -0.3 is 14.7 Å². The topological polar surface area (TPSA) is 94.5 Å². The van der Waals surface area contributed by atoms with Crippen molar-refractivity contribution in [2.75, 3.05) is 35.4 Å². The summed E-state index contributed by atoms with van der Waals surface area (Å²) in [5.74, 6) is -0.243. The maximum Gasteiger partial charge on any atom is 0.411 e. The summed E-state index contributed by atoms with van der Waals surface area (Å²) in [6, 6.07) is 10.1. The minimum Gasteiger partial charge on any atom is -0.447 e. The Kier molecular flexibility index (Phi) is 7.58. The van der Waals surface area contributed by atoms with Gasteiger partial charge in [-0.3, -0.25) is 20.0 Å². The molecule has 2 N–H and O–H groups in total. The summed E-state index contributed by atoms with van der Waals surface area (Å²) in [5.41, 5.74) is 1.03. The van der Waals surface area contributed by atoms with Crippen LogP contribution in [0.2, 0.25) is 10.0 Å². The maximum absolute atomic E-state index is 13.4. The molecule has 11 heteroatoms. The Morgan fingerprint density at radius 2 is 1.91 bits per heavy atom. The zero-order chi connectivity index (χ0) is 24.3. The number of rotatable bonds is 6. The Hall–Kier alpha value is -2.72. The highest BCUT2D eigenvalue weighted by molar-refractivity contribution is 7.81. The molecule has 1 saturated heterocycles. The maximum atomic E-state index is 13.4. The van der Waals surface area contributed by atoms with Crippen LogP contribution in [0.15, 0.2) is 41.4 Å². The van der Waals surface area contributed by atoms with Crippen LogP contribution in [0.3, 0.4) is 0 Å². The van der Waals surface area contributed by atoms with Crippen molar-refractivity contribution in [2.45, 2.75) is 19.4 Å². The van der Waals surface area contributed by atoms with Gasteiger partial charge in [-0.05, 0) is 62.5 Å². The monoisotopic (exact) mass is 508 g/mol. The van der Waals surface area contributed by atoms with E-state index in [0.717, 1.165) is 5.56 Å². The zero-order valence-electron chi connectivity index (χ0n) is 18.1. The van der Waals surface area contributed by atoms with Gasteiger partial charge >= 0.3 is 6.09 Å². The van der Waals surface area contributed by atoms with Crippen LogP contribution in [-0.2, 0) is 9.53 Å². The van der Waals surface area contributed by atoms with Crippen molar-refractivity contribution in [1.29, 1.82) is 0 Å². The highest BCUT2D eigenvalue weighted by Crippen LogP contribution is 2.39. The van der Waals surface area contributed by atoms with E-state index in [4.69, 9.17) is 45.3 Å². The molecule has 1 fully saturated rings. The summed E-state index contributed by atoms with van der Waals surface area (Å²) in [4.78, 5) is 32.4. The third kappa shape index (κ3) is 4.96. The summed E-state index contributed by atoms with van der Waals surface area (Å²) >= 11 is 18.3. The van der Waals surface area contributed by atoms with Gasteiger partial charge in [-0.2, -0.15) is 0 Å². The first-order valence-electron chi connectivity index (χ1n) is 9.86. The van der Waals surface area contributed by atoms with Crippen LogP contribution >= 0.6 is 35.4 Å². The molecular weight excluding hydrogens is 487 g/mol. The van der Waals surface area contributed by atoms with Gasteiger partial charge in [0.15, 0.2) is 5.11 Å². The molecule has 0 aliphatic carbocycles. The number of hydrogen-bond acceptors (Lipinski definition) is 6. The molecule has 0 aromatic heterocycles. The number of anilines is 3. The number of aliphatic hydroxyl groups is 1. The Balaban J connectivity index is 1.97. The van der Waals surface area contributed by atoms with Crippen LogP contribution in [0.4, 0.5) is 21.9 Å². The van der Waals surface area contributed by atoms with Crippen molar-refractivity contribution in [2.24, 2.45) is 4.99 Å². The molecule has 174 valence electrons. The molecule has 33 heavy (non-hydrogen) atoms. The standard InChI is InChI=1S/C22H22Cl2N4O4S/c1-22(2)19(30)27(14-5-4-13(12-25-3)17(24)10-14)21(33)28(22)15-6-7-16(23)18(11-15)26-20(31)32-9-8-29/h4-7,10-12,29H,8-9H2,1-3H3,(H,26,31). The van der Waals surface area contributed by atoms with Crippen LogP contribution < -0.4 is 15.1 Å². The molecule has 2 amide bonds. The fraction of sp³-hybridized carbons (Fsp3) is 0.273. The predicted molar refractivity (Wildman–Crippen MR) is 135 cm³/mol. The third-order valence-electron chi connectivity index (χ3n) is 4.95. The molecule has 0 radical (unpaired) electrons. The molecule has 1 aliphatic rings. The predicted octanol–water partition coefficient (Wildman–Crippen LogP) is 4.50. The number of aliphatic imine (C=N–C) groups is 1. The van der Waals surface area contributed by atoms with Crippen molar-refractivity contribution in [3.05, 3.63) is 52.0 Å². The van der Waals surface area contributed by atoms with Crippen LogP contribution in [0.25, 0.3) is 0 Å². The van der Waals surface area contributed by atoms with E-state index in [9.17, 15) is 9.59 Å². The number of thiocarbonyl (C=S) groups is 1. The SMILES string of the molecule is CN=Cc1ccc(N2C(=O)C(C)(C)N(c3ccc(Cl)c(NC(=O)OCCO)c3)C2=S)cc1Cl.